The second-order valence-corrected chi connectivity index (χ2v) is 5.22. The van der Waals surface area contributed by atoms with Crippen molar-refractivity contribution >= 4 is 5.69 Å². The molecular weight excluding hydrogens is 227 g/mol. The van der Waals surface area contributed by atoms with Crippen LogP contribution in [-0.2, 0) is 6.54 Å². The maximum absolute atomic E-state index is 13.3. The summed E-state index contributed by atoms with van der Waals surface area (Å²) >= 11 is 0. The van der Waals surface area contributed by atoms with E-state index in [9.17, 15) is 4.39 Å². The summed E-state index contributed by atoms with van der Waals surface area (Å²) < 4.78 is 13.3. The molecule has 18 heavy (non-hydrogen) atoms. The molecule has 1 N–H and O–H groups in total. The Labute approximate surface area is 110 Å². The standard InChI is InChI=1S/C15H25FN2/c1-5-8-17-10-13-9-14(16)6-7-15(13)18(4)11-12(2)3/h6-7,9,12,17H,5,8,10-11H2,1-4H3. The number of nitrogens with zero attached hydrogens (tertiary/aromatic N) is 1. The molecule has 0 unspecified atom stereocenters. The zero-order valence-corrected chi connectivity index (χ0v) is 12.0. The van der Waals surface area contributed by atoms with Gasteiger partial charge in [-0.15, -0.1) is 0 Å². The third-order valence-electron chi connectivity index (χ3n) is 2.83. The van der Waals surface area contributed by atoms with Gasteiger partial charge in [0.2, 0.25) is 0 Å². The minimum Gasteiger partial charge on any atom is -0.374 e. The Morgan fingerprint density at radius 2 is 2.06 bits per heavy atom. The van der Waals surface area contributed by atoms with Gasteiger partial charge in [-0.05, 0) is 42.6 Å². The molecule has 1 aromatic carbocycles. The average Bonchev–Trinajstić information content (AvgIpc) is 2.28. The van der Waals surface area contributed by atoms with Crippen LogP contribution < -0.4 is 10.2 Å². The summed E-state index contributed by atoms with van der Waals surface area (Å²) in [5.74, 6) is 0.432. The summed E-state index contributed by atoms with van der Waals surface area (Å²) in [6.45, 7) is 9.17. The maximum Gasteiger partial charge on any atom is 0.123 e. The molecule has 0 aromatic heterocycles. The van der Waals surface area contributed by atoms with Crippen molar-refractivity contribution in [2.24, 2.45) is 5.92 Å². The molecule has 0 saturated heterocycles. The predicted molar refractivity (Wildman–Crippen MR) is 76.5 cm³/mol. The third kappa shape index (κ3) is 4.65. The second-order valence-electron chi connectivity index (χ2n) is 5.22. The molecule has 0 amide bonds. The first-order chi connectivity index (χ1) is 8.54. The fourth-order valence-electron chi connectivity index (χ4n) is 2.11. The minimum atomic E-state index is -0.162. The highest BCUT2D eigenvalue weighted by Gasteiger charge is 2.09. The quantitative estimate of drug-likeness (QED) is 0.748. The summed E-state index contributed by atoms with van der Waals surface area (Å²) in [5, 5.41) is 3.33. The highest BCUT2D eigenvalue weighted by molar-refractivity contribution is 5.53. The molecule has 3 heteroatoms. The monoisotopic (exact) mass is 252 g/mol. The lowest BCUT2D eigenvalue weighted by molar-refractivity contribution is 0.612. The van der Waals surface area contributed by atoms with Crippen molar-refractivity contribution in [2.75, 3.05) is 25.0 Å². The minimum absolute atomic E-state index is 0.162. The zero-order valence-electron chi connectivity index (χ0n) is 12.0. The van der Waals surface area contributed by atoms with E-state index in [2.05, 4.69) is 38.0 Å². The molecule has 0 saturated carbocycles. The number of rotatable bonds is 7. The first-order valence-corrected chi connectivity index (χ1v) is 6.74. The van der Waals surface area contributed by atoms with Crippen LogP contribution in [0.25, 0.3) is 0 Å². The molecule has 1 rings (SSSR count). The SMILES string of the molecule is CCCNCc1cc(F)ccc1N(C)CC(C)C. The van der Waals surface area contributed by atoms with Crippen LogP contribution in [-0.4, -0.2) is 20.1 Å². The molecule has 0 aliphatic carbocycles. The van der Waals surface area contributed by atoms with Gasteiger partial charge in [-0.3, -0.25) is 0 Å². The van der Waals surface area contributed by atoms with E-state index in [1.165, 1.54) is 6.07 Å². The number of anilines is 1. The molecule has 0 bridgehead atoms. The molecule has 1 aromatic rings. The van der Waals surface area contributed by atoms with Gasteiger partial charge in [0, 0.05) is 25.8 Å². The van der Waals surface area contributed by atoms with E-state index in [0.717, 1.165) is 37.3 Å². The molecule has 0 spiro atoms. The second kappa shape index (κ2) is 7.37. The lowest BCUT2D eigenvalue weighted by Crippen LogP contribution is -2.25. The summed E-state index contributed by atoms with van der Waals surface area (Å²) in [6, 6.07) is 5.05. The van der Waals surface area contributed by atoms with Crippen molar-refractivity contribution in [1.29, 1.82) is 0 Å². The molecule has 0 radical (unpaired) electrons. The molecule has 0 aliphatic heterocycles. The van der Waals surface area contributed by atoms with Crippen LogP contribution in [0.1, 0.15) is 32.8 Å². The molecule has 0 heterocycles. The van der Waals surface area contributed by atoms with Crippen LogP contribution in [0.2, 0.25) is 0 Å². The van der Waals surface area contributed by atoms with E-state index in [4.69, 9.17) is 0 Å². The van der Waals surface area contributed by atoms with Gasteiger partial charge in [0.05, 0.1) is 0 Å². The van der Waals surface area contributed by atoms with Crippen LogP contribution >= 0.6 is 0 Å². The molecule has 2 nitrogen and oxygen atoms in total. The molecule has 102 valence electrons. The summed E-state index contributed by atoms with van der Waals surface area (Å²) in [4.78, 5) is 2.20. The van der Waals surface area contributed by atoms with Gasteiger partial charge in [0.1, 0.15) is 5.82 Å². The largest absolute Gasteiger partial charge is 0.374 e. The van der Waals surface area contributed by atoms with E-state index in [-0.39, 0.29) is 5.82 Å². The predicted octanol–water partition coefficient (Wildman–Crippen LogP) is 3.42. The van der Waals surface area contributed by atoms with Crippen molar-refractivity contribution in [3.63, 3.8) is 0 Å². The molecule has 0 aliphatic rings. The number of nitrogens with one attached hydrogen (secondary N) is 1. The van der Waals surface area contributed by atoms with Crippen LogP contribution in [0.15, 0.2) is 18.2 Å². The molecule has 0 atom stereocenters. The first-order valence-electron chi connectivity index (χ1n) is 6.74. The van der Waals surface area contributed by atoms with Gasteiger partial charge in [0.15, 0.2) is 0 Å². The van der Waals surface area contributed by atoms with Crippen molar-refractivity contribution in [3.05, 3.63) is 29.6 Å². The summed E-state index contributed by atoms with van der Waals surface area (Å²) in [7, 11) is 2.07. The highest BCUT2D eigenvalue weighted by atomic mass is 19.1. The van der Waals surface area contributed by atoms with E-state index in [0.29, 0.717) is 5.92 Å². The van der Waals surface area contributed by atoms with Crippen molar-refractivity contribution in [1.82, 2.24) is 5.32 Å². The highest BCUT2D eigenvalue weighted by Crippen LogP contribution is 2.21. The number of halogens is 1. The van der Waals surface area contributed by atoms with E-state index in [1.54, 1.807) is 6.07 Å². The van der Waals surface area contributed by atoms with Crippen LogP contribution in [0.5, 0.6) is 0 Å². The van der Waals surface area contributed by atoms with Crippen molar-refractivity contribution in [2.45, 2.75) is 33.7 Å². The lowest BCUT2D eigenvalue weighted by atomic mass is 10.1. The van der Waals surface area contributed by atoms with Gasteiger partial charge in [-0.1, -0.05) is 20.8 Å². The van der Waals surface area contributed by atoms with Gasteiger partial charge < -0.3 is 10.2 Å². The summed E-state index contributed by atoms with van der Waals surface area (Å²) in [5.41, 5.74) is 2.15. The third-order valence-corrected chi connectivity index (χ3v) is 2.83. The Bertz CT molecular complexity index is 364. The van der Waals surface area contributed by atoms with E-state index in [1.807, 2.05) is 6.07 Å². The zero-order chi connectivity index (χ0) is 13.5. The first kappa shape index (κ1) is 15.0. The van der Waals surface area contributed by atoms with Gasteiger partial charge >= 0.3 is 0 Å². The van der Waals surface area contributed by atoms with Gasteiger partial charge in [0.25, 0.3) is 0 Å². The number of hydrogen-bond donors (Lipinski definition) is 1. The summed E-state index contributed by atoms with van der Waals surface area (Å²) in [6.07, 6.45) is 1.09. The smallest absolute Gasteiger partial charge is 0.123 e. The van der Waals surface area contributed by atoms with Crippen molar-refractivity contribution < 1.29 is 4.39 Å². The fraction of sp³-hybridized carbons (Fsp3) is 0.600. The Morgan fingerprint density at radius 3 is 2.67 bits per heavy atom. The topological polar surface area (TPSA) is 15.3 Å². The Kier molecular flexibility index (Phi) is 6.13. The average molecular weight is 252 g/mol. The number of hydrogen-bond acceptors (Lipinski definition) is 2. The fourth-order valence-corrected chi connectivity index (χ4v) is 2.11. The van der Waals surface area contributed by atoms with Crippen LogP contribution in [0, 0.1) is 11.7 Å². The van der Waals surface area contributed by atoms with E-state index >= 15 is 0 Å². The van der Waals surface area contributed by atoms with Crippen LogP contribution in [0.3, 0.4) is 0 Å². The van der Waals surface area contributed by atoms with E-state index < -0.39 is 0 Å². The van der Waals surface area contributed by atoms with Crippen molar-refractivity contribution in [3.8, 4) is 0 Å². The lowest BCUT2D eigenvalue weighted by Gasteiger charge is -2.24. The Balaban J connectivity index is 2.81. The number of benzene rings is 1. The van der Waals surface area contributed by atoms with Crippen LogP contribution in [0.4, 0.5) is 10.1 Å². The normalized spacial score (nSPS) is 11.0. The molecule has 0 fully saturated rings. The van der Waals surface area contributed by atoms with Gasteiger partial charge in [-0.25, -0.2) is 4.39 Å². The Hall–Kier alpha value is -1.09. The maximum atomic E-state index is 13.3. The Morgan fingerprint density at radius 1 is 1.33 bits per heavy atom. The van der Waals surface area contributed by atoms with Gasteiger partial charge in [-0.2, -0.15) is 0 Å². The molecular formula is C15H25FN2.